The minimum Gasteiger partial charge on any atom is -0.481 e. The van der Waals surface area contributed by atoms with E-state index in [1.54, 1.807) is 11.3 Å². The van der Waals surface area contributed by atoms with Crippen molar-refractivity contribution in [2.24, 2.45) is 5.92 Å². The van der Waals surface area contributed by atoms with Crippen LogP contribution in [0.3, 0.4) is 0 Å². The SMILES string of the molecule is O=C(O)C[C@@H](CCc1ccsc1)C(=O)O. The first kappa shape index (κ1) is 11.7. The summed E-state index contributed by atoms with van der Waals surface area (Å²) in [5.41, 5.74) is 1.07. The summed E-state index contributed by atoms with van der Waals surface area (Å²) in [5.74, 6) is -2.89. The van der Waals surface area contributed by atoms with Crippen molar-refractivity contribution >= 4 is 23.3 Å². The van der Waals surface area contributed by atoms with E-state index in [0.29, 0.717) is 12.8 Å². The van der Waals surface area contributed by atoms with Crippen LogP contribution in [0.2, 0.25) is 0 Å². The molecule has 1 rings (SSSR count). The van der Waals surface area contributed by atoms with E-state index in [1.165, 1.54) is 0 Å². The molecule has 1 atom stereocenters. The van der Waals surface area contributed by atoms with E-state index in [2.05, 4.69) is 0 Å². The maximum Gasteiger partial charge on any atom is 0.307 e. The zero-order chi connectivity index (χ0) is 11.3. The van der Waals surface area contributed by atoms with E-state index in [1.807, 2.05) is 16.8 Å². The smallest absolute Gasteiger partial charge is 0.307 e. The van der Waals surface area contributed by atoms with Crippen LogP contribution in [-0.4, -0.2) is 22.2 Å². The third-order valence-electron chi connectivity index (χ3n) is 2.13. The van der Waals surface area contributed by atoms with Gasteiger partial charge in [-0.05, 0) is 35.2 Å². The molecule has 1 heterocycles. The van der Waals surface area contributed by atoms with Crippen LogP contribution in [0.25, 0.3) is 0 Å². The van der Waals surface area contributed by atoms with Gasteiger partial charge in [-0.25, -0.2) is 0 Å². The van der Waals surface area contributed by atoms with Gasteiger partial charge in [-0.1, -0.05) is 0 Å². The Hall–Kier alpha value is -1.36. The Balaban J connectivity index is 2.45. The first-order valence-corrected chi connectivity index (χ1v) is 5.49. The van der Waals surface area contributed by atoms with Gasteiger partial charge in [-0.15, -0.1) is 0 Å². The number of rotatable bonds is 6. The lowest BCUT2D eigenvalue weighted by Gasteiger charge is -2.08. The highest BCUT2D eigenvalue weighted by atomic mass is 32.1. The van der Waals surface area contributed by atoms with Gasteiger partial charge in [-0.2, -0.15) is 11.3 Å². The van der Waals surface area contributed by atoms with Gasteiger partial charge in [-0.3, -0.25) is 9.59 Å². The van der Waals surface area contributed by atoms with Gasteiger partial charge in [0.05, 0.1) is 12.3 Å². The molecule has 1 aromatic rings. The molecule has 0 spiro atoms. The first-order valence-electron chi connectivity index (χ1n) is 4.55. The summed E-state index contributed by atoms with van der Waals surface area (Å²) in [5, 5.41) is 21.2. The third-order valence-corrected chi connectivity index (χ3v) is 2.86. The molecule has 0 amide bonds. The topological polar surface area (TPSA) is 74.6 Å². The molecule has 0 saturated carbocycles. The Bertz CT molecular complexity index is 331. The number of hydrogen-bond donors (Lipinski definition) is 2. The van der Waals surface area contributed by atoms with Crippen LogP contribution in [0.1, 0.15) is 18.4 Å². The van der Waals surface area contributed by atoms with Gasteiger partial charge in [0.1, 0.15) is 0 Å². The molecule has 0 aliphatic rings. The maximum absolute atomic E-state index is 10.7. The van der Waals surface area contributed by atoms with Crippen molar-refractivity contribution < 1.29 is 19.8 Å². The van der Waals surface area contributed by atoms with Gasteiger partial charge in [0, 0.05) is 0 Å². The minimum absolute atomic E-state index is 0.306. The molecule has 0 saturated heterocycles. The Morgan fingerprint density at radius 1 is 1.40 bits per heavy atom. The molecule has 0 unspecified atom stereocenters. The molecule has 0 bridgehead atoms. The van der Waals surface area contributed by atoms with Crippen LogP contribution >= 0.6 is 11.3 Å². The molecular weight excluding hydrogens is 216 g/mol. The van der Waals surface area contributed by atoms with Gasteiger partial charge in [0.15, 0.2) is 0 Å². The number of carbonyl (C=O) groups is 2. The van der Waals surface area contributed by atoms with E-state index in [9.17, 15) is 9.59 Å². The van der Waals surface area contributed by atoms with E-state index >= 15 is 0 Å². The van der Waals surface area contributed by atoms with E-state index in [0.717, 1.165) is 5.56 Å². The first-order chi connectivity index (χ1) is 7.09. The summed E-state index contributed by atoms with van der Waals surface area (Å²) < 4.78 is 0. The van der Waals surface area contributed by atoms with Crippen molar-refractivity contribution in [3.63, 3.8) is 0 Å². The second-order valence-corrected chi connectivity index (χ2v) is 4.08. The van der Waals surface area contributed by atoms with Gasteiger partial charge < -0.3 is 10.2 Å². The van der Waals surface area contributed by atoms with Gasteiger partial charge in [0.25, 0.3) is 0 Å². The van der Waals surface area contributed by atoms with Crippen molar-refractivity contribution in [1.82, 2.24) is 0 Å². The molecule has 0 aliphatic heterocycles. The highest BCUT2D eigenvalue weighted by molar-refractivity contribution is 7.07. The largest absolute Gasteiger partial charge is 0.481 e. The molecule has 0 fully saturated rings. The van der Waals surface area contributed by atoms with Crippen LogP contribution in [0, 0.1) is 5.92 Å². The molecule has 15 heavy (non-hydrogen) atoms. The normalized spacial score (nSPS) is 12.3. The molecule has 0 aromatic carbocycles. The predicted molar refractivity (Wildman–Crippen MR) is 56.0 cm³/mol. The molecule has 1 aromatic heterocycles. The maximum atomic E-state index is 10.7. The summed E-state index contributed by atoms with van der Waals surface area (Å²) >= 11 is 1.55. The minimum atomic E-state index is -1.06. The zero-order valence-electron chi connectivity index (χ0n) is 8.05. The van der Waals surface area contributed by atoms with Crippen LogP contribution in [0.5, 0.6) is 0 Å². The lowest BCUT2D eigenvalue weighted by Crippen LogP contribution is -2.18. The second-order valence-electron chi connectivity index (χ2n) is 3.30. The van der Waals surface area contributed by atoms with Crippen molar-refractivity contribution in [3.05, 3.63) is 22.4 Å². The van der Waals surface area contributed by atoms with Crippen molar-refractivity contribution in [2.75, 3.05) is 0 Å². The van der Waals surface area contributed by atoms with Crippen LogP contribution < -0.4 is 0 Å². The third kappa shape index (κ3) is 4.12. The van der Waals surface area contributed by atoms with Gasteiger partial charge >= 0.3 is 11.9 Å². The predicted octanol–water partition coefficient (Wildman–Crippen LogP) is 1.86. The lowest BCUT2D eigenvalue weighted by atomic mass is 9.98. The fraction of sp³-hybridized carbons (Fsp3) is 0.400. The Labute approximate surface area is 91.2 Å². The Morgan fingerprint density at radius 2 is 2.13 bits per heavy atom. The average molecular weight is 228 g/mol. The average Bonchev–Trinajstić information content (AvgIpc) is 2.63. The monoisotopic (exact) mass is 228 g/mol. The van der Waals surface area contributed by atoms with Crippen molar-refractivity contribution in [1.29, 1.82) is 0 Å². The summed E-state index contributed by atoms with van der Waals surface area (Å²) in [6.45, 7) is 0. The highest BCUT2D eigenvalue weighted by Crippen LogP contribution is 2.15. The molecule has 2 N–H and O–H groups in total. The van der Waals surface area contributed by atoms with E-state index in [-0.39, 0.29) is 6.42 Å². The van der Waals surface area contributed by atoms with Crippen molar-refractivity contribution in [2.45, 2.75) is 19.3 Å². The molecular formula is C10H12O4S. The Morgan fingerprint density at radius 3 is 2.60 bits per heavy atom. The lowest BCUT2D eigenvalue weighted by molar-refractivity contribution is -0.148. The summed E-state index contributed by atoms with van der Waals surface area (Å²) in [7, 11) is 0. The number of carboxylic acid groups (broad SMARTS) is 2. The number of thiophene rings is 1. The molecule has 82 valence electrons. The van der Waals surface area contributed by atoms with Crippen molar-refractivity contribution in [3.8, 4) is 0 Å². The number of aryl methyl sites for hydroxylation is 1. The number of hydrogen-bond acceptors (Lipinski definition) is 3. The summed E-state index contributed by atoms with van der Waals surface area (Å²) in [6.07, 6.45) is 0.686. The van der Waals surface area contributed by atoms with E-state index in [4.69, 9.17) is 10.2 Å². The molecule has 0 aliphatic carbocycles. The van der Waals surface area contributed by atoms with Crippen LogP contribution in [0.4, 0.5) is 0 Å². The highest BCUT2D eigenvalue weighted by Gasteiger charge is 2.20. The van der Waals surface area contributed by atoms with Crippen LogP contribution in [-0.2, 0) is 16.0 Å². The summed E-state index contributed by atoms with van der Waals surface area (Å²) in [6, 6.07) is 1.92. The fourth-order valence-electron chi connectivity index (χ4n) is 1.30. The molecule has 4 nitrogen and oxygen atoms in total. The van der Waals surface area contributed by atoms with E-state index < -0.39 is 17.9 Å². The summed E-state index contributed by atoms with van der Waals surface area (Å²) in [4.78, 5) is 21.1. The Kier molecular flexibility index (Phi) is 4.30. The quantitative estimate of drug-likeness (QED) is 0.779. The standard InChI is InChI=1S/C10H12O4S/c11-9(12)5-8(10(13)14)2-1-7-3-4-15-6-7/h3-4,6,8H,1-2,5H2,(H,11,12)(H,13,14)/t8-/m1/s1. The fourth-order valence-corrected chi connectivity index (χ4v) is 2.00. The molecule has 5 heteroatoms. The van der Waals surface area contributed by atoms with Gasteiger partial charge in [0.2, 0.25) is 0 Å². The number of aliphatic carboxylic acids is 2. The second kappa shape index (κ2) is 5.50. The molecule has 0 radical (unpaired) electrons. The van der Waals surface area contributed by atoms with Crippen LogP contribution in [0.15, 0.2) is 16.8 Å². The number of carboxylic acids is 2. The zero-order valence-corrected chi connectivity index (χ0v) is 8.87.